The zero-order valence-electron chi connectivity index (χ0n) is 10.8. The molecule has 0 radical (unpaired) electrons. The number of benzene rings is 1. The highest BCUT2D eigenvalue weighted by Crippen LogP contribution is 2.28. The molecule has 0 aromatic heterocycles. The molecule has 0 bridgehead atoms. The van der Waals surface area contributed by atoms with Crippen molar-refractivity contribution in [3.8, 4) is 0 Å². The van der Waals surface area contributed by atoms with E-state index in [1.54, 1.807) is 6.07 Å². The Balaban J connectivity index is 2.06. The number of carboxylic acids is 1. The molecule has 0 spiro atoms. The van der Waals surface area contributed by atoms with Gasteiger partial charge in [0.05, 0.1) is 0 Å². The van der Waals surface area contributed by atoms with E-state index >= 15 is 0 Å². The number of amides is 1. The average molecular weight is 259 g/mol. The van der Waals surface area contributed by atoms with Crippen molar-refractivity contribution >= 4 is 23.6 Å². The van der Waals surface area contributed by atoms with Crippen LogP contribution in [0.4, 0.5) is 5.69 Å². The molecule has 1 saturated carbocycles. The normalized spacial score (nSPS) is 15.2. The number of carbonyl (C=O) groups is 2. The molecule has 1 amide bonds. The summed E-state index contributed by atoms with van der Waals surface area (Å²) in [5.74, 6) is -0.728. The zero-order chi connectivity index (χ0) is 13.8. The number of hydrogen-bond acceptors (Lipinski definition) is 2. The van der Waals surface area contributed by atoms with Gasteiger partial charge in [-0.05, 0) is 49.1 Å². The second-order valence-electron chi connectivity index (χ2n) is 4.86. The van der Waals surface area contributed by atoms with Crippen molar-refractivity contribution in [3.63, 3.8) is 0 Å². The molecule has 0 saturated heterocycles. The molecule has 2 N–H and O–H groups in total. The van der Waals surface area contributed by atoms with Gasteiger partial charge in [-0.2, -0.15) is 0 Å². The first-order valence-electron chi connectivity index (χ1n) is 6.39. The summed E-state index contributed by atoms with van der Waals surface area (Å²) in [6.07, 6.45) is 5.72. The fourth-order valence-corrected chi connectivity index (χ4v) is 2.00. The van der Waals surface area contributed by atoms with Crippen molar-refractivity contribution in [2.24, 2.45) is 5.92 Å². The first-order valence-corrected chi connectivity index (χ1v) is 6.39. The van der Waals surface area contributed by atoms with E-state index in [4.69, 9.17) is 5.11 Å². The molecule has 0 aliphatic heterocycles. The van der Waals surface area contributed by atoms with Gasteiger partial charge >= 0.3 is 5.97 Å². The molecule has 1 fully saturated rings. The topological polar surface area (TPSA) is 66.4 Å². The van der Waals surface area contributed by atoms with Gasteiger partial charge in [-0.3, -0.25) is 4.79 Å². The third-order valence-corrected chi connectivity index (χ3v) is 3.40. The Morgan fingerprint density at radius 1 is 1.37 bits per heavy atom. The van der Waals surface area contributed by atoms with E-state index < -0.39 is 5.97 Å². The fourth-order valence-electron chi connectivity index (χ4n) is 2.00. The predicted molar refractivity (Wildman–Crippen MR) is 73.8 cm³/mol. The third kappa shape index (κ3) is 3.44. The van der Waals surface area contributed by atoms with Crippen LogP contribution < -0.4 is 5.32 Å². The van der Waals surface area contributed by atoms with E-state index in [1.807, 2.05) is 19.1 Å². The lowest BCUT2D eigenvalue weighted by atomic mass is 9.85. The quantitative estimate of drug-likeness (QED) is 0.817. The van der Waals surface area contributed by atoms with Crippen LogP contribution in [0.25, 0.3) is 6.08 Å². The number of rotatable bonds is 4. The van der Waals surface area contributed by atoms with Crippen LogP contribution in [0.1, 0.15) is 30.4 Å². The minimum absolute atomic E-state index is 0.0863. The Bertz CT molecular complexity index is 530. The van der Waals surface area contributed by atoms with E-state index in [0.29, 0.717) is 0 Å². The van der Waals surface area contributed by atoms with Crippen molar-refractivity contribution < 1.29 is 14.7 Å². The Morgan fingerprint density at radius 3 is 2.63 bits per heavy atom. The van der Waals surface area contributed by atoms with Gasteiger partial charge in [0.15, 0.2) is 0 Å². The molecule has 19 heavy (non-hydrogen) atoms. The number of carboxylic acid groups (broad SMARTS) is 1. The van der Waals surface area contributed by atoms with E-state index in [2.05, 4.69) is 5.32 Å². The van der Waals surface area contributed by atoms with Crippen LogP contribution in [0.2, 0.25) is 0 Å². The molecule has 1 aromatic carbocycles. The predicted octanol–water partition coefficient (Wildman–Crippen LogP) is 2.83. The summed E-state index contributed by atoms with van der Waals surface area (Å²) in [7, 11) is 0. The molecular weight excluding hydrogens is 242 g/mol. The third-order valence-electron chi connectivity index (χ3n) is 3.40. The molecule has 0 heterocycles. The van der Waals surface area contributed by atoms with Crippen LogP contribution in [0.3, 0.4) is 0 Å². The van der Waals surface area contributed by atoms with E-state index in [-0.39, 0.29) is 11.8 Å². The monoisotopic (exact) mass is 259 g/mol. The second-order valence-corrected chi connectivity index (χ2v) is 4.86. The van der Waals surface area contributed by atoms with Crippen molar-refractivity contribution in [3.05, 3.63) is 35.4 Å². The molecule has 1 aliphatic rings. The van der Waals surface area contributed by atoms with E-state index in [9.17, 15) is 9.59 Å². The summed E-state index contributed by atoms with van der Waals surface area (Å²) in [5.41, 5.74) is 2.53. The van der Waals surface area contributed by atoms with Gasteiger partial charge in [-0.1, -0.05) is 12.5 Å². The summed E-state index contributed by atoms with van der Waals surface area (Å²) in [4.78, 5) is 22.3. The van der Waals surface area contributed by atoms with Crippen LogP contribution >= 0.6 is 0 Å². The summed E-state index contributed by atoms with van der Waals surface area (Å²) >= 11 is 0. The minimum Gasteiger partial charge on any atom is -0.478 e. The Labute approximate surface area is 112 Å². The van der Waals surface area contributed by atoms with Crippen LogP contribution in [0, 0.1) is 12.8 Å². The highest BCUT2D eigenvalue weighted by atomic mass is 16.4. The summed E-state index contributed by atoms with van der Waals surface area (Å²) < 4.78 is 0. The highest BCUT2D eigenvalue weighted by Gasteiger charge is 2.25. The molecular formula is C15H17NO3. The van der Waals surface area contributed by atoms with Gasteiger partial charge in [0.1, 0.15) is 0 Å². The van der Waals surface area contributed by atoms with Gasteiger partial charge < -0.3 is 10.4 Å². The Morgan fingerprint density at radius 2 is 2.11 bits per heavy atom. The van der Waals surface area contributed by atoms with Crippen LogP contribution in [-0.2, 0) is 9.59 Å². The minimum atomic E-state index is -0.972. The molecule has 0 unspecified atom stereocenters. The molecule has 1 aromatic rings. The molecule has 0 atom stereocenters. The standard InChI is InChI=1S/C15H17NO3/c1-10-9-11(6-8-14(17)18)5-7-13(10)16-15(19)12-3-2-4-12/h5-9,12H,2-4H2,1H3,(H,16,19)(H,17,18)/b8-6+. The molecule has 4 heteroatoms. The van der Waals surface area contributed by atoms with Gasteiger partial charge in [0.2, 0.25) is 5.91 Å². The van der Waals surface area contributed by atoms with Gasteiger partial charge in [0.25, 0.3) is 0 Å². The largest absolute Gasteiger partial charge is 0.478 e. The maximum atomic E-state index is 11.8. The number of carbonyl (C=O) groups excluding carboxylic acids is 1. The lowest BCUT2D eigenvalue weighted by Gasteiger charge is -2.24. The van der Waals surface area contributed by atoms with Crippen molar-refractivity contribution in [2.45, 2.75) is 26.2 Å². The second kappa shape index (κ2) is 5.69. The van der Waals surface area contributed by atoms with Gasteiger partial charge in [0, 0.05) is 17.7 Å². The first kappa shape index (κ1) is 13.3. The number of hydrogen-bond donors (Lipinski definition) is 2. The van der Waals surface area contributed by atoms with Crippen molar-refractivity contribution in [1.29, 1.82) is 0 Å². The molecule has 2 rings (SSSR count). The number of nitrogens with one attached hydrogen (secondary N) is 1. The van der Waals surface area contributed by atoms with Crippen molar-refractivity contribution in [1.82, 2.24) is 0 Å². The Hall–Kier alpha value is -2.10. The molecule has 4 nitrogen and oxygen atoms in total. The highest BCUT2D eigenvalue weighted by molar-refractivity contribution is 5.94. The molecule has 1 aliphatic carbocycles. The van der Waals surface area contributed by atoms with Crippen LogP contribution in [0.15, 0.2) is 24.3 Å². The van der Waals surface area contributed by atoms with Gasteiger partial charge in [-0.25, -0.2) is 4.79 Å². The fraction of sp³-hybridized carbons (Fsp3) is 0.333. The first-order chi connectivity index (χ1) is 9.06. The van der Waals surface area contributed by atoms with Crippen LogP contribution in [-0.4, -0.2) is 17.0 Å². The lowest BCUT2D eigenvalue weighted by molar-refractivity contribution is -0.131. The van der Waals surface area contributed by atoms with Crippen molar-refractivity contribution in [2.75, 3.05) is 5.32 Å². The SMILES string of the molecule is Cc1cc(/C=C/C(=O)O)ccc1NC(=O)C1CCC1. The molecule has 100 valence electrons. The number of anilines is 1. The van der Waals surface area contributed by atoms with Gasteiger partial charge in [-0.15, -0.1) is 0 Å². The Kier molecular flexibility index (Phi) is 4.00. The maximum Gasteiger partial charge on any atom is 0.328 e. The van der Waals surface area contributed by atoms with Crippen LogP contribution in [0.5, 0.6) is 0 Å². The zero-order valence-corrected chi connectivity index (χ0v) is 10.8. The lowest BCUT2D eigenvalue weighted by Crippen LogP contribution is -2.28. The number of aryl methyl sites for hydroxylation is 1. The van der Waals surface area contributed by atoms with E-state index in [0.717, 1.165) is 42.2 Å². The summed E-state index contributed by atoms with van der Waals surface area (Å²) in [6.45, 7) is 1.90. The summed E-state index contributed by atoms with van der Waals surface area (Å²) in [5, 5.41) is 11.5. The van der Waals surface area contributed by atoms with E-state index in [1.165, 1.54) is 6.08 Å². The average Bonchev–Trinajstić information content (AvgIpc) is 2.27. The maximum absolute atomic E-state index is 11.8. The smallest absolute Gasteiger partial charge is 0.328 e. The number of aliphatic carboxylic acids is 1. The summed E-state index contributed by atoms with van der Waals surface area (Å²) in [6, 6.07) is 5.46.